The van der Waals surface area contributed by atoms with E-state index in [-0.39, 0.29) is 17.5 Å². The van der Waals surface area contributed by atoms with Crippen LogP contribution in [0.5, 0.6) is 0 Å². The number of carbonyl (C=O) groups is 1. The van der Waals surface area contributed by atoms with Crippen LogP contribution in [0.4, 0.5) is 0 Å². The Labute approximate surface area is 72.3 Å². The Bertz CT molecular complexity index is 227. The average molecular weight is 167 g/mol. The fourth-order valence-electron chi connectivity index (χ4n) is 1.56. The summed E-state index contributed by atoms with van der Waals surface area (Å²) in [4.78, 5) is 11.0. The Morgan fingerprint density at radius 3 is 2.92 bits per heavy atom. The SMILES string of the molecule is CC1(C)CC(=O)OC(CC#N)C1. The van der Waals surface area contributed by atoms with Gasteiger partial charge in [0.25, 0.3) is 0 Å². The second-order valence-corrected chi connectivity index (χ2v) is 4.02. The first-order valence-electron chi connectivity index (χ1n) is 4.10. The van der Waals surface area contributed by atoms with Crippen molar-refractivity contribution in [3.05, 3.63) is 0 Å². The zero-order chi connectivity index (χ0) is 9.19. The van der Waals surface area contributed by atoms with Crippen molar-refractivity contribution in [1.29, 1.82) is 5.26 Å². The number of carbonyl (C=O) groups excluding carboxylic acids is 1. The third-order valence-electron chi connectivity index (χ3n) is 2.02. The van der Waals surface area contributed by atoms with E-state index in [4.69, 9.17) is 10.00 Å². The highest BCUT2D eigenvalue weighted by atomic mass is 16.5. The number of esters is 1. The zero-order valence-electron chi connectivity index (χ0n) is 7.46. The van der Waals surface area contributed by atoms with Crippen LogP contribution < -0.4 is 0 Å². The molecule has 0 radical (unpaired) electrons. The Hall–Kier alpha value is -1.04. The first kappa shape index (κ1) is 9.05. The Morgan fingerprint density at radius 2 is 2.42 bits per heavy atom. The molecule has 1 rings (SSSR count). The van der Waals surface area contributed by atoms with E-state index in [1.54, 1.807) is 0 Å². The van der Waals surface area contributed by atoms with E-state index in [1.165, 1.54) is 0 Å². The molecule has 66 valence electrons. The van der Waals surface area contributed by atoms with Crippen LogP contribution in [-0.4, -0.2) is 12.1 Å². The molecule has 0 aromatic rings. The minimum absolute atomic E-state index is 0.00313. The molecule has 1 unspecified atom stereocenters. The summed E-state index contributed by atoms with van der Waals surface area (Å²) in [5, 5.41) is 8.43. The van der Waals surface area contributed by atoms with Crippen molar-refractivity contribution in [2.24, 2.45) is 5.41 Å². The van der Waals surface area contributed by atoms with Gasteiger partial charge in [0.05, 0.1) is 18.9 Å². The zero-order valence-corrected chi connectivity index (χ0v) is 7.46. The van der Waals surface area contributed by atoms with Crippen molar-refractivity contribution >= 4 is 5.97 Å². The quantitative estimate of drug-likeness (QED) is 0.558. The Balaban J connectivity index is 2.59. The van der Waals surface area contributed by atoms with Crippen LogP contribution >= 0.6 is 0 Å². The van der Waals surface area contributed by atoms with Gasteiger partial charge in [0.1, 0.15) is 6.10 Å². The van der Waals surface area contributed by atoms with Crippen molar-refractivity contribution in [1.82, 2.24) is 0 Å². The Morgan fingerprint density at radius 1 is 1.75 bits per heavy atom. The molecular formula is C9H13NO2. The smallest absolute Gasteiger partial charge is 0.306 e. The summed E-state index contributed by atoms with van der Waals surface area (Å²) in [6.07, 6.45) is 1.39. The van der Waals surface area contributed by atoms with E-state index in [9.17, 15) is 4.79 Å². The maximum atomic E-state index is 11.0. The largest absolute Gasteiger partial charge is 0.461 e. The number of ether oxygens (including phenoxy) is 1. The van der Waals surface area contributed by atoms with Gasteiger partial charge in [-0.2, -0.15) is 5.26 Å². The van der Waals surface area contributed by atoms with Crippen molar-refractivity contribution in [2.75, 3.05) is 0 Å². The van der Waals surface area contributed by atoms with Gasteiger partial charge in [-0.05, 0) is 11.8 Å². The minimum atomic E-state index is -0.189. The standard InChI is InChI=1S/C9H13NO2/c1-9(2)5-7(3-4-10)12-8(11)6-9/h7H,3,5-6H2,1-2H3. The molecule has 1 saturated heterocycles. The summed E-state index contributed by atoms with van der Waals surface area (Å²) < 4.78 is 5.00. The molecular weight excluding hydrogens is 154 g/mol. The fraction of sp³-hybridized carbons (Fsp3) is 0.778. The maximum Gasteiger partial charge on any atom is 0.306 e. The molecule has 0 amide bonds. The molecule has 0 saturated carbocycles. The van der Waals surface area contributed by atoms with Gasteiger partial charge in [-0.25, -0.2) is 0 Å². The molecule has 1 atom stereocenters. The molecule has 0 spiro atoms. The summed E-state index contributed by atoms with van der Waals surface area (Å²) in [5.74, 6) is -0.175. The van der Waals surface area contributed by atoms with Gasteiger partial charge in [0, 0.05) is 0 Å². The van der Waals surface area contributed by atoms with Gasteiger partial charge < -0.3 is 4.74 Å². The molecule has 3 heteroatoms. The Kier molecular flexibility index (Phi) is 2.37. The molecule has 0 N–H and O–H groups in total. The van der Waals surface area contributed by atoms with Gasteiger partial charge in [-0.1, -0.05) is 13.8 Å². The number of rotatable bonds is 1. The van der Waals surface area contributed by atoms with Crippen LogP contribution in [0.3, 0.4) is 0 Å². The van der Waals surface area contributed by atoms with Crippen molar-refractivity contribution in [3.8, 4) is 6.07 Å². The monoisotopic (exact) mass is 167 g/mol. The minimum Gasteiger partial charge on any atom is -0.461 e. The van der Waals surface area contributed by atoms with Crippen molar-refractivity contribution in [2.45, 2.75) is 39.2 Å². The van der Waals surface area contributed by atoms with Crippen LogP contribution in [0.25, 0.3) is 0 Å². The number of nitrogens with zero attached hydrogens (tertiary/aromatic N) is 1. The molecule has 1 aliphatic rings. The van der Waals surface area contributed by atoms with Gasteiger partial charge in [-0.15, -0.1) is 0 Å². The highest BCUT2D eigenvalue weighted by Gasteiger charge is 2.33. The third kappa shape index (κ3) is 2.23. The molecule has 1 fully saturated rings. The number of nitriles is 1. The van der Waals surface area contributed by atoms with E-state index >= 15 is 0 Å². The van der Waals surface area contributed by atoms with Crippen molar-refractivity contribution < 1.29 is 9.53 Å². The number of hydrogen-bond donors (Lipinski definition) is 0. The highest BCUT2D eigenvalue weighted by Crippen LogP contribution is 2.33. The summed E-state index contributed by atoms with van der Waals surface area (Å²) in [5.41, 5.74) is -0.00313. The first-order valence-corrected chi connectivity index (χ1v) is 4.10. The molecule has 0 bridgehead atoms. The molecule has 12 heavy (non-hydrogen) atoms. The van der Waals surface area contributed by atoms with Crippen LogP contribution in [0, 0.1) is 16.7 Å². The second kappa shape index (κ2) is 3.14. The summed E-state index contributed by atoms with van der Waals surface area (Å²) >= 11 is 0. The number of hydrogen-bond acceptors (Lipinski definition) is 3. The lowest BCUT2D eigenvalue weighted by Crippen LogP contribution is -2.34. The molecule has 0 aliphatic carbocycles. The second-order valence-electron chi connectivity index (χ2n) is 4.02. The van der Waals surface area contributed by atoms with Crippen LogP contribution in [0.2, 0.25) is 0 Å². The fourth-order valence-corrected chi connectivity index (χ4v) is 1.56. The lowest BCUT2D eigenvalue weighted by Gasteiger charge is -2.33. The summed E-state index contributed by atoms with van der Waals surface area (Å²) in [6, 6.07) is 2.02. The highest BCUT2D eigenvalue weighted by molar-refractivity contribution is 5.71. The lowest BCUT2D eigenvalue weighted by molar-refractivity contribution is -0.160. The first-order chi connectivity index (χ1) is 5.53. The van der Waals surface area contributed by atoms with E-state index in [0.29, 0.717) is 12.8 Å². The molecule has 3 nitrogen and oxygen atoms in total. The normalized spacial score (nSPS) is 27.4. The van der Waals surface area contributed by atoms with Crippen LogP contribution in [0.1, 0.15) is 33.1 Å². The molecule has 1 aliphatic heterocycles. The maximum absolute atomic E-state index is 11.0. The van der Waals surface area contributed by atoms with Gasteiger partial charge in [-0.3, -0.25) is 4.79 Å². The molecule has 0 aromatic carbocycles. The predicted octanol–water partition coefficient (Wildman–Crippen LogP) is 1.63. The summed E-state index contributed by atoms with van der Waals surface area (Å²) in [7, 11) is 0. The third-order valence-corrected chi connectivity index (χ3v) is 2.02. The summed E-state index contributed by atoms with van der Waals surface area (Å²) in [6.45, 7) is 4.05. The van der Waals surface area contributed by atoms with E-state index in [1.807, 2.05) is 19.9 Å². The van der Waals surface area contributed by atoms with Crippen LogP contribution in [-0.2, 0) is 9.53 Å². The average Bonchev–Trinajstić information content (AvgIpc) is 1.82. The topological polar surface area (TPSA) is 50.1 Å². The molecule has 0 aromatic heterocycles. The molecule has 1 heterocycles. The van der Waals surface area contributed by atoms with Gasteiger partial charge in [0.15, 0.2) is 0 Å². The van der Waals surface area contributed by atoms with E-state index < -0.39 is 0 Å². The van der Waals surface area contributed by atoms with Gasteiger partial charge in [0.2, 0.25) is 0 Å². The van der Waals surface area contributed by atoms with Gasteiger partial charge >= 0.3 is 5.97 Å². The van der Waals surface area contributed by atoms with E-state index in [0.717, 1.165) is 6.42 Å². The lowest BCUT2D eigenvalue weighted by atomic mass is 9.81. The number of cyclic esters (lactones) is 1. The predicted molar refractivity (Wildman–Crippen MR) is 43.1 cm³/mol. The van der Waals surface area contributed by atoms with Crippen LogP contribution in [0.15, 0.2) is 0 Å². The van der Waals surface area contributed by atoms with E-state index in [2.05, 4.69) is 0 Å². The van der Waals surface area contributed by atoms with Crippen molar-refractivity contribution in [3.63, 3.8) is 0 Å².